The number of hydrogen-bond acceptors (Lipinski definition) is 4. The van der Waals surface area contributed by atoms with Crippen molar-refractivity contribution in [3.05, 3.63) is 28.8 Å². The number of hydrogen-bond donors (Lipinski definition) is 0. The molecule has 4 nitrogen and oxygen atoms in total. The molecule has 0 aliphatic carbocycles. The fourth-order valence-electron chi connectivity index (χ4n) is 1.91. The van der Waals surface area contributed by atoms with Gasteiger partial charge in [0.2, 0.25) is 0 Å². The highest BCUT2D eigenvalue weighted by Crippen LogP contribution is 2.25. The van der Waals surface area contributed by atoms with E-state index in [4.69, 9.17) is 21.1 Å². The molecular weight excluding hydrogens is 278 g/mol. The number of ether oxygens (including phenoxy) is 2. The highest BCUT2D eigenvalue weighted by atomic mass is 35.5. The second kappa shape index (κ2) is 9.75. The first-order valence-corrected chi connectivity index (χ1v) is 7.26. The fourth-order valence-corrected chi connectivity index (χ4v) is 2.12. The Hall–Kier alpha value is -1.10. The van der Waals surface area contributed by atoms with Gasteiger partial charge in [-0.3, -0.25) is 4.79 Å². The van der Waals surface area contributed by atoms with E-state index in [1.807, 2.05) is 26.0 Å². The number of anilines is 1. The predicted octanol–water partition coefficient (Wildman–Crippen LogP) is 3.03. The van der Waals surface area contributed by atoms with Crippen LogP contribution in [0.3, 0.4) is 0 Å². The molecule has 0 saturated heterocycles. The molecule has 0 aromatic heterocycles. The lowest BCUT2D eigenvalue weighted by Gasteiger charge is -2.26. The molecule has 0 spiro atoms. The summed E-state index contributed by atoms with van der Waals surface area (Å²) in [5.74, 6) is 0. The summed E-state index contributed by atoms with van der Waals surface area (Å²) >= 11 is 6.08. The van der Waals surface area contributed by atoms with Crippen molar-refractivity contribution in [2.75, 3.05) is 44.4 Å². The molecular formula is C15H22ClNO3. The van der Waals surface area contributed by atoms with Gasteiger partial charge in [0.1, 0.15) is 0 Å². The van der Waals surface area contributed by atoms with Gasteiger partial charge < -0.3 is 14.4 Å². The van der Waals surface area contributed by atoms with Crippen LogP contribution in [0.25, 0.3) is 0 Å². The number of nitrogens with zero attached hydrogens (tertiary/aromatic N) is 1. The Labute approximate surface area is 125 Å². The van der Waals surface area contributed by atoms with Crippen molar-refractivity contribution >= 4 is 23.6 Å². The van der Waals surface area contributed by atoms with Gasteiger partial charge in [-0.25, -0.2) is 0 Å². The summed E-state index contributed by atoms with van der Waals surface area (Å²) in [6.07, 6.45) is 0.798. The number of benzene rings is 1. The zero-order valence-electron chi connectivity index (χ0n) is 12.1. The van der Waals surface area contributed by atoms with E-state index in [0.717, 1.165) is 12.0 Å². The first kappa shape index (κ1) is 17.0. The summed E-state index contributed by atoms with van der Waals surface area (Å²) in [6, 6.07) is 5.46. The van der Waals surface area contributed by atoms with E-state index in [-0.39, 0.29) is 0 Å². The minimum absolute atomic E-state index is 0.468. The second-order valence-corrected chi connectivity index (χ2v) is 4.58. The Morgan fingerprint density at radius 3 is 2.25 bits per heavy atom. The number of aldehydes is 1. The third-order valence-corrected chi connectivity index (χ3v) is 3.24. The third kappa shape index (κ3) is 5.12. The molecule has 1 rings (SSSR count). The second-order valence-electron chi connectivity index (χ2n) is 4.17. The van der Waals surface area contributed by atoms with Crippen LogP contribution in [-0.4, -0.2) is 45.8 Å². The first-order chi connectivity index (χ1) is 9.74. The summed E-state index contributed by atoms with van der Waals surface area (Å²) in [4.78, 5) is 13.3. The van der Waals surface area contributed by atoms with Crippen LogP contribution in [0.5, 0.6) is 0 Å². The molecule has 0 unspecified atom stereocenters. The number of carbonyl (C=O) groups excluding carboxylic acids is 1. The summed E-state index contributed by atoms with van der Waals surface area (Å²) in [5, 5.41) is 0.468. The molecule has 5 heteroatoms. The van der Waals surface area contributed by atoms with E-state index >= 15 is 0 Å². The minimum atomic E-state index is 0.468. The van der Waals surface area contributed by atoms with Gasteiger partial charge in [0.05, 0.1) is 23.8 Å². The van der Waals surface area contributed by atoms with Crippen molar-refractivity contribution in [2.24, 2.45) is 0 Å². The zero-order chi connectivity index (χ0) is 14.8. The highest BCUT2D eigenvalue weighted by Gasteiger charge is 2.13. The Kier molecular flexibility index (Phi) is 8.26. The molecule has 0 aliphatic rings. The number of carbonyl (C=O) groups is 1. The van der Waals surface area contributed by atoms with E-state index in [2.05, 4.69) is 4.90 Å². The Morgan fingerprint density at radius 2 is 1.75 bits per heavy atom. The smallest absolute Gasteiger partial charge is 0.153 e. The van der Waals surface area contributed by atoms with Gasteiger partial charge in [-0.15, -0.1) is 0 Å². The lowest BCUT2D eigenvalue weighted by molar-refractivity contribution is 0.112. The molecule has 112 valence electrons. The maximum absolute atomic E-state index is 11.2. The molecule has 0 saturated carbocycles. The lowest BCUT2D eigenvalue weighted by atomic mass is 10.1. The summed E-state index contributed by atoms with van der Waals surface area (Å²) < 4.78 is 10.8. The lowest BCUT2D eigenvalue weighted by Crippen LogP contribution is -2.32. The molecule has 0 amide bonds. The van der Waals surface area contributed by atoms with E-state index < -0.39 is 0 Å². The maximum atomic E-state index is 11.2. The summed E-state index contributed by atoms with van der Waals surface area (Å²) in [5.41, 5.74) is 1.34. The molecule has 0 N–H and O–H groups in total. The summed E-state index contributed by atoms with van der Waals surface area (Å²) in [7, 11) is 0. The molecule has 0 heterocycles. The standard InChI is InChI=1S/C15H22ClNO3/c1-3-19-10-8-17(9-11-20-4-2)15-7-5-6-14(16)13(15)12-18/h5-7,12H,3-4,8-11H2,1-2H3. The molecule has 0 bridgehead atoms. The first-order valence-electron chi connectivity index (χ1n) is 6.88. The molecule has 1 aromatic rings. The fraction of sp³-hybridized carbons (Fsp3) is 0.533. The summed E-state index contributed by atoms with van der Waals surface area (Å²) in [6.45, 7) is 7.87. The number of rotatable bonds is 10. The van der Waals surface area contributed by atoms with Crippen LogP contribution in [0.15, 0.2) is 18.2 Å². The van der Waals surface area contributed by atoms with Gasteiger partial charge in [0, 0.05) is 32.0 Å². The Morgan fingerprint density at radius 1 is 1.15 bits per heavy atom. The molecule has 20 heavy (non-hydrogen) atoms. The molecule has 0 aliphatic heterocycles. The SMILES string of the molecule is CCOCCN(CCOCC)c1cccc(Cl)c1C=O. The molecule has 0 radical (unpaired) electrons. The van der Waals surface area contributed by atoms with Crippen molar-refractivity contribution in [3.63, 3.8) is 0 Å². The van der Waals surface area contributed by atoms with E-state index in [0.29, 0.717) is 50.1 Å². The Balaban J connectivity index is 2.84. The van der Waals surface area contributed by atoms with Crippen molar-refractivity contribution in [3.8, 4) is 0 Å². The maximum Gasteiger partial charge on any atom is 0.153 e. The van der Waals surface area contributed by atoms with Gasteiger partial charge in [0.15, 0.2) is 6.29 Å². The van der Waals surface area contributed by atoms with Crippen LogP contribution in [0.1, 0.15) is 24.2 Å². The van der Waals surface area contributed by atoms with Crippen LogP contribution in [-0.2, 0) is 9.47 Å². The topological polar surface area (TPSA) is 38.8 Å². The van der Waals surface area contributed by atoms with Crippen LogP contribution in [0.4, 0.5) is 5.69 Å². The van der Waals surface area contributed by atoms with Gasteiger partial charge in [0.25, 0.3) is 0 Å². The third-order valence-electron chi connectivity index (χ3n) is 2.91. The van der Waals surface area contributed by atoms with Crippen molar-refractivity contribution in [1.82, 2.24) is 0 Å². The normalized spacial score (nSPS) is 10.6. The average molecular weight is 300 g/mol. The monoisotopic (exact) mass is 299 g/mol. The van der Waals surface area contributed by atoms with E-state index in [1.165, 1.54) is 0 Å². The van der Waals surface area contributed by atoms with Crippen LogP contribution >= 0.6 is 11.6 Å². The zero-order valence-corrected chi connectivity index (χ0v) is 12.9. The van der Waals surface area contributed by atoms with Crippen LogP contribution < -0.4 is 4.90 Å². The van der Waals surface area contributed by atoms with Gasteiger partial charge in [-0.05, 0) is 26.0 Å². The largest absolute Gasteiger partial charge is 0.380 e. The predicted molar refractivity (Wildman–Crippen MR) is 82.0 cm³/mol. The molecule has 0 atom stereocenters. The average Bonchev–Trinajstić information content (AvgIpc) is 2.46. The number of halogens is 1. The van der Waals surface area contributed by atoms with E-state index in [9.17, 15) is 4.79 Å². The Bertz CT molecular complexity index is 402. The quantitative estimate of drug-likeness (QED) is 0.492. The van der Waals surface area contributed by atoms with Crippen LogP contribution in [0, 0.1) is 0 Å². The van der Waals surface area contributed by atoms with Crippen molar-refractivity contribution < 1.29 is 14.3 Å². The molecule has 1 aromatic carbocycles. The van der Waals surface area contributed by atoms with Gasteiger partial charge in [-0.1, -0.05) is 17.7 Å². The van der Waals surface area contributed by atoms with Gasteiger partial charge >= 0.3 is 0 Å². The molecule has 0 fully saturated rings. The minimum Gasteiger partial charge on any atom is -0.380 e. The van der Waals surface area contributed by atoms with Crippen molar-refractivity contribution in [2.45, 2.75) is 13.8 Å². The van der Waals surface area contributed by atoms with Gasteiger partial charge in [-0.2, -0.15) is 0 Å². The highest BCUT2D eigenvalue weighted by molar-refractivity contribution is 6.33. The van der Waals surface area contributed by atoms with E-state index in [1.54, 1.807) is 6.07 Å². The van der Waals surface area contributed by atoms with Crippen molar-refractivity contribution in [1.29, 1.82) is 0 Å². The van der Waals surface area contributed by atoms with Crippen LogP contribution in [0.2, 0.25) is 5.02 Å².